The van der Waals surface area contributed by atoms with Gasteiger partial charge in [0.15, 0.2) is 0 Å². The zero-order valence-corrected chi connectivity index (χ0v) is 12.8. The Bertz CT molecular complexity index is 733. The minimum atomic E-state index is -3.76. The molecule has 0 amide bonds. The summed E-state index contributed by atoms with van der Waals surface area (Å²) in [6, 6.07) is 7.82. The van der Waals surface area contributed by atoms with Crippen molar-refractivity contribution in [2.24, 2.45) is 5.14 Å². The number of hydrogen-bond acceptors (Lipinski definition) is 5. The smallest absolute Gasteiger partial charge is 0.238 e. The largest absolute Gasteiger partial charge is 0.481 e. The van der Waals surface area contributed by atoms with Crippen LogP contribution >= 0.6 is 11.6 Å². The lowest BCUT2D eigenvalue weighted by atomic mass is 10.2. The van der Waals surface area contributed by atoms with Crippen molar-refractivity contribution >= 4 is 27.3 Å². The average Bonchev–Trinajstić information content (AvgIpc) is 2.45. The zero-order valence-electron chi connectivity index (χ0n) is 11.2. The van der Waals surface area contributed by atoms with Crippen molar-refractivity contribution in [3.63, 3.8) is 0 Å². The summed E-state index contributed by atoms with van der Waals surface area (Å²) in [6.07, 6.45) is 1.66. The number of nitrogens with one attached hydrogen (secondary N) is 1. The maximum absolute atomic E-state index is 11.3. The second-order valence-electron chi connectivity index (χ2n) is 4.25. The van der Waals surface area contributed by atoms with Gasteiger partial charge in [0.05, 0.1) is 22.7 Å². The molecule has 21 heavy (non-hydrogen) atoms. The topological polar surface area (TPSA) is 94.3 Å². The molecule has 0 aliphatic rings. The number of nitrogens with two attached hydrogens (primary N) is 1. The van der Waals surface area contributed by atoms with Crippen LogP contribution in [0.4, 0.5) is 5.69 Å². The average molecular weight is 328 g/mol. The Morgan fingerprint density at radius 3 is 2.67 bits per heavy atom. The van der Waals surface area contributed by atoms with E-state index in [1.54, 1.807) is 19.4 Å². The molecular formula is C13H14ClN3O3S. The zero-order chi connectivity index (χ0) is 15.5. The van der Waals surface area contributed by atoms with E-state index >= 15 is 0 Å². The molecule has 0 bridgehead atoms. The van der Waals surface area contributed by atoms with Crippen LogP contribution in [0.15, 0.2) is 41.4 Å². The van der Waals surface area contributed by atoms with Crippen molar-refractivity contribution in [2.75, 3.05) is 12.4 Å². The second kappa shape index (κ2) is 6.30. The Morgan fingerprint density at radius 2 is 2.10 bits per heavy atom. The van der Waals surface area contributed by atoms with Crippen LogP contribution in [-0.4, -0.2) is 20.5 Å². The molecule has 0 saturated heterocycles. The van der Waals surface area contributed by atoms with Crippen molar-refractivity contribution in [1.29, 1.82) is 0 Å². The van der Waals surface area contributed by atoms with Crippen LogP contribution in [0.1, 0.15) is 5.56 Å². The first kappa shape index (κ1) is 15.6. The number of methoxy groups -OCH3 is 1. The fourth-order valence-electron chi connectivity index (χ4n) is 1.65. The molecule has 0 aliphatic heterocycles. The van der Waals surface area contributed by atoms with Gasteiger partial charge < -0.3 is 10.1 Å². The summed E-state index contributed by atoms with van der Waals surface area (Å²) < 4.78 is 27.6. The molecule has 1 aromatic carbocycles. The lowest BCUT2D eigenvalue weighted by molar-refractivity contribution is 0.397. The summed E-state index contributed by atoms with van der Waals surface area (Å²) in [7, 11) is -2.22. The number of rotatable bonds is 5. The first-order chi connectivity index (χ1) is 9.90. The van der Waals surface area contributed by atoms with Gasteiger partial charge >= 0.3 is 0 Å². The Hall–Kier alpha value is -1.83. The number of aromatic nitrogens is 1. The summed E-state index contributed by atoms with van der Waals surface area (Å²) in [4.78, 5) is 4.08. The molecule has 1 heterocycles. The number of benzene rings is 1. The van der Waals surface area contributed by atoms with Crippen molar-refractivity contribution in [3.05, 3.63) is 47.1 Å². The third-order valence-corrected chi connectivity index (χ3v) is 4.00. The van der Waals surface area contributed by atoms with E-state index < -0.39 is 10.0 Å². The van der Waals surface area contributed by atoms with Crippen LogP contribution in [0.5, 0.6) is 5.88 Å². The Labute approximate surface area is 128 Å². The molecule has 0 aliphatic carbocycles. The van der Waals surface area contributed by atoms with E-state index in [-0.39, 0.29) is 4.90 Å². The van der Waals surface area contributed by atoms with E-state index in [1.807, 2.05) is 6.07 Å². The van der Waals surface area contributed by atoms with E-state index in [0.29, 0.717) is 23.1 Å². The quantitative estimate of drug-likeness (QED) is 0.876. The van der Waals surface area contributed by atoms with E-state index in [0.717, 1.165) is 5.56 Å². The molecule has 8 heteroatoms. The molecule has 0 atom stereocenters. The first-order valence-electron chi connectivity index (χ1n) is 5.95. The maximum Gasteiger partial charge on any atom is 0.238 e. The molecule has 0 unspecified atom stereocenters. The lowest BCUT2D eigenvalue weighted by Gasteiger charge is -2.10. The Morgan fingerprint density at radius 1 is 1.33 bits per heavy atom. The maximum atomic E-state index is 11.3. The SMILES string of the molecule is COc1ccc(CNc2cc(S(N)(=O)=O)ccc2Cl)cn1. The highest BCUT2D eigenvalue weighted by atomic mass is 35.5. The molecule has 3 N–H and O–H groups in total. The van der Waals surface area contributed by atoms with E-state index in [2.05, 4.69) is 10.3 Å². The van der Waals surface area contributed by atoms with Gasteiger partial charge in [0.1, 0.15) is 0 Å². The molecule has 2 aromatic rings. The van der Waals surface area contributed by atoms with Crippen molar-refractivity contribution in [1.82, 2.24) is 4.98 Å². The highest BCUT2D eigenvalue weighted by Gasteiger charge is 2.10. The predicted molar refractivity (Wildman–Crippen MR) is 80.9 cm³/mol. The van der Waals surface area contributed by atoms with Crippen molar-refractivity contribution in [3.8, 4) is 5.88 Å². The fourth-order valence-corrected chi connectivity index (χ4v) is 2.37. The molecule has 112 valence electrons. The molecule has 0 saturated carbocycles. The lowest BCUT2D eigenvalue weighted by Crippen LogP contribution is -2.12. The summed E-state index contributed by atoms with van der Waals surface area (Å²) in [6.45, 7) is 0.435. The predicted octanol–water partition coefficient (Wildman–Crippen LogP) is 2.00. The van der Waals surface area contributed by atoms with Crippen LogP contribution in [0.25, 0.3) is 0 Å². The number of anilines is 1. The number of hydrogen-bond donors (Lipinski definition) is 2. The molecule has 0 radical (unpaired) electrons. The van der Waals surface area contributed by atoms with Gasteiger partial charge in [-0.2, -0.15) is 0 Å². The van der Waals surface area contributed by atoms with Crippen LogP contribution in [0, 0.1) is 0 Å². The molecule has 1 aromatic heterocycles. The number of nitrogens with zero attached hydrogens (tertiary/aromatic N) is 1. The highest BCUT2D eigenvalue weighted by Crippen LogP contribution is 2.25. The summed E-state index contributed by atoms with van der Waals surface area (Å²) >= 11 is 6.03. The van der Waals surface area contributed by atoms with Crippen LogP contribution in [0.2, 0.25) is 5.02 Å². The number of halogens is 1. The number of sulfonamides is 1. The number of primary sulfonamides is 1. The monoisotopic (exact) mass is 327 g/mol. The van der Waals surface area contributed by atoms with Crippen LogP contribution < -0.4 is 15.2 Å². The minimum Gasteiger partial charge on any atom is -0.481 e. The number of ether oxygens (including phenoxy) is 1. The summed E-state index contributed by atoms with van der Waals surface area (Å²) in [5.74, 6) is 0.521. The first-order valence-corrected chi connectivity index (χ1v) is 7.88. The minimum absolute atomic E-state index is 0.00209. The Balaban J connectivity index is 2.15. The second-order valence-corrected chi connectivity index (χ2v) is 6.22. The molecule has 0 fully saturated rings. The molecule has 0 spiro atoms. The Kier molecular flexibility index (Phi) is 4.66. The molecule has 6 nitrogen and oxygen atoms in total. The summed E-state index contributed by atoms with van der Waals surface area (Å²) in [5.41, 5.74) is 1.38. The third-order valence-electron chi connectivity index (χ3n) is 2.76. The van der Waals surface area contributed by atoms with E-state index in [9.17, 15) is 8.42 Å². The van der Waals surface area contributed by atoms with Gasteiger partial charge in [-0.25, -0.2) is 18.5 Å². The molecule has 2 rings (SSSR count). The normalized spacial score (nSPS) is 11.2. The van der Waals surface area contributed by atoms with Gasteiger partial charge in [-0.1, -0.05) is 17.7 Å². The molecular weight excluding hydrogens is 314 g/mol. The van der Waals surface area contributed by atoms with Gasteiger partial charge in [0.2, 0.25) is 15.9 Å². The highest BCUT2D eigenvalue weighted by molar-refractivity contribution is 7.89. The van der Waals surface area contributed by atoms with Crippen molar-refractivity contribution in [2.45, 2.75) is 11.4 Å². The van der Waals surface area contributed by atoms with Gasteiger partial charge in [-0.3, -0.25) is 0 Å². The van der Waals surface area contributed by atoms with Gasteiger partial charge in [-0.15, -0.1) is 0 Å². The van der Waals surface area contributed by atoms with Crippen molar-refractivity contribution < 1.29 is 13.2 Å². The van der Waals surface area contributed by atoms with Crippen LogP contribution in [0.3, 0.4) is 0 Å². The van der Waals surface area contributed by atoms with E-state index in [4.69, 9.17) is 21.5 Å². The standard InChI is InChI=1S/C13H14ClN3O3S/c1-20-13-5-2-9(8-17-13)7-16-12-6-10(21(15,18)19)3-4-11(12)14/h2-6,8,16H,7H2,1H3,(H2,15,18,19). The fraction of sp³-hybridized carbons (Fsp3) is 0.154. The van der Waals surface area contributed by atoms with Crippen LogP contribution in [-0.2, 0) is 16.6 Å². The number of pyridine rings is 1. The third kappa shape index (κ3) is 4.07. The van der Waals surface area contributed by atoms with Gasteiger partial charge in [0, 0.05) is 18.8 Å². The summed E-state index contributed by atoms with van der Waals surface area (Å²) in [5, 5.41) is 8.55. The van der Waals surface area contributed by atoms with Gasteiger partial charge in [-0.05, 0) is 23.8 Å². The van der Waals surface area contributed by atoms with Gasteiger partial charge in [0.25, 0.3) is 0 Å². The van der Waals surface area contributed by atoms with E-state index in [1.165, 1.54) is 18.2 Å².